The van der Waals surface area contributed by atoms with Crippen LogP contribution in [0.25, 0.3) is 0 Å². The fourth-order valence-corrected chi connectivity index (χ4v) is 2.61. The van der Waals surface area contributed by atoms with Crippen LogP contribution in [0.2, 0.25) is 0 Å². The summed E-state index contributed by atoms with van der Waals surface area (Å²) in [5.41, 5.74) is 0.649. The molecule has 0 aromatic heterocycles. The molecule has 1 amide bonds. The summed E-state index contributed by atoms with van der Waals surface area (Å²) in [5.74, 6) is 0.234. The second kappa shape index (κ2) is 7.09. The van der Waals surface area contributed by atoms with Gasteiger partial charge in [-0.1, -0.05) is 12.1 Å². The van der Waals surface area contributed by atoms with Gasteiger partial charge in [-0.2, -0.15) is 0 Å². The van der Waals surface area contributed by atoms with Gasteiger partial charge in [0, 0.05) is 19.6 Å². The lowest BCUT2D eigenvalue weighted by atomic mass is 10.1. The molecule has 1 heterocycles. The Morgan fingerprint density at radius 2 is 2.05 bits per heavy atom. The number of carbonyl (C=O) groups is 1. The summed E-state index contributed by atoms with van der Waals surface area (Å²) in [5, 5.41) is 2.84. The van der Waals surface area contributed by atoms with Gasteiger partial charge in [-0.15, -0.1) is 0 Å². The molecular formula is C17H25FN2O2. The maximum Gasteiger partial charge on any atom is 0.407 e. The van der Waals surface area contributed by atoms with Crippen molar-refractivity contribution < 1.29 is 13.9 Å². The highest BCUT2D eigenvalue weighted by molar-refractivity contribution is 5.67. The number of benzene rings is 1. The smallest absolute Gasteiger partial charge is 0.407 e. The zero-order valence-corrected chi connectivity index (χ0v) is 13.6. The number of rotatable bonds is 4. The summed E-state index contributed by atoms with van der Waals surface area (Å²) in [6.07, 6.45) is 0.696. The number of hydrogen-bond donors (Lipinski definition) is 1. The van der Waals surface area contributed by atoms with Gasteiger partial charge < -0.3 is 10.1 Å². The third-order valence-corrected chi connectivity index (χ3v) is 3.62. The second-order valence-electron chi connectivity index (χ2n) is 6.90. The number of likely N-dealkylation sites (tertiary alicyclic amines) is 1. The minimum absolute atomic E-state index is 0.204. The van der Waals surface area contributed by atoms with Crippen LogP contribution in [0.1, 0.15) is 32.8 Å². The van der Waals surface area contributed by atoms with Gasteiger partial charge in [0.2, 0.25) is 0 Å². The highest BCUT2D eigenvalue weighted by Crippen LogP contribution is 2.18. The van der Waals surface area contributed by atoms with Crippen LogP contribution in [0, 0.1) is 11.7 Å². The molecule has 0 spiro atoms. The van der Waals surface area contributed by atoms with E-state index in [1.54, 1.807) is 0 Å². The molecule has 22 heavy (non-hydrogen) atoms. The van der Waals surface area contributed by atoms with Crippen molar-refractivity contribution in [1.82, 2.24) is 10.2 Å². The summed E-state index contributed by atoms with van der Waals surface area (Å²) in [4.78, 5) is 14.0. The van der Waals surface area contributed by atoms with Gasteiger partial charge in [0.05, 0.1) is 0 Å². The van der Waals surface area contributed by atoms with E-state index in [1.165, 1.54) is 12.1 Å². The van der Waals surface area contributed by atoms with Crippen molar-refractivity contribution in [3.63, 3.8) is 0 Å². The molecule has 4 nitrogen and oxygen atoms in total. The largest absolute Gasteiger partial charge is 0.444 e. The van der Waals surface area contributed by atoms with Crippen LogP contribution in [0.15, 0.2) is 24.3 Å². The van der Waals surface area contributed by atoms with E-state index in [1.807, 2.05) is 32.9 Å². The lowest BCUT2D eigenvalue weighted by Gasteiger charge is -2.21. The molecule has 122 valence electrons. The minimum atomic E-state index is -0.464. The Morgan fingerprint density at radius 1 is 1.36 bits per heavy atom. The number of halogens is 1. The molecule has 0 saturated carbocycles. The molecule has 0 radical (unpaired) electrons. The van der Waals surface area contributed by atoms with Gasteiger partial charge in [0.1, 0.15) is 11.4 Å². The van der Waals surface area contributed by atoms with Gasteiger partial charge >= 0.3 is 6.09 Å². The molecule has 1 aromatic rings. The average Bonchev–Trinajstić information content (AvgIpc) is 2.85. The Bertz CT molecular complexity index is 496. The molecule has 1 aliphatic heterocycles. The van der Waals surface area contributed by atoms with Gasteiger partial charge in [0.25, 0.3) is 0 Å². The van der Waals surface area contributed by atoms with Crippen LogP contribution in [0.4, 0.5) is 9.18 Å². The maximum atomic E-state index is 12.9. The van der Waals surface area contributed by atoms with Crippen molar-refractivity contribution in [2.45, 2.75) is 39.3 Å². The fraction of sp³-hybridized carbons (Fsp3) is 0.588. The quantitative estimate of drug-likeness (QED) is 0.929. The zero-order valence-electron chi connectivity index (χ0n) is 13.6. The van der Waals surface area contributed by atoms with Crippen molar-refractivity contribution in [1.29, 1.82) is 0 Å². The molecule has 0 aliphatic carbocycles. The molecule has 1 N–H and O–H groups in total. The van der Waals surface area contributed by atoms with Crippen LogP contribution in [0.3, 0.4) is 0 Å². The number of carbonyl (C=O) groups excluding carboxylic acids is 1. The first kappa shape index (κ1) is 16.7. The standard InChI is InChI=1S/C17H25FN2O2/c1-17(2,3)22-16(21)19-10-14-8-9-20(12-14)11-13-4-6-15(18)7-5-13/h4-7,14H,8-12H2,1-3H3,(H,19,21). The third-order valence-electron chi connectivity index (χ3n) is 3.62. The first-order valence-electron chi connectivity index (χ1n) is 7.75. The normalized spacial score (nSPS) is 19.2. The summed E-state index contributed by atoms with van der Waals surface area (Å²) >= 11 is 0. The number of nitrogens with zero attached hydrogens (tertiary/aromatic N) is 1. The lowest BCUT2D eigenvalue weighted by molar-refractivity contribution is 0.0519. The molecule has 1 atom stereocenters. The number of nitrogens with one attached hydrogen (secondary N) is 1. The molecule has 1 fully saturated rings. The summed E-state index contributed by atoms with van der Waals surface area (Å²) in [6, 6.07) is 6.63. The SMILES string of the molecule is CC(C)(C)OC(=O)NCC1CCN(Cc2ccc(F)cc2)C1. The van der Waals surface area contributed by atoms with E-state index >= 15 is 0 Å². The first-order valence-corrected chi connectivity index (χ1v) is 7.75. The van der Waals surface area contributed by atoms with Crippen LogP contribution < -0.4 is 5.32 Å². The highest BCUT2D eigenvalue weighted by Gasteiger charge is 2.24. The topological polar surface area (TPSA) is 41.6 Å². The maximum absolute atomic E-state index is 12.9. The number of amides is 1. The first-order chi connectivity index (χ1) is 10.3. The van der Waals surface area contributed by atoms with Crippen molar-refractivity contribution in [2.75, 3.05) is 19.6 Å². The van der Waals surface area contributed by atoms with E-state index in [4.69, 9.17) is 4.74 Å². The summed E-state index contributed by atoms with van der Waals surface area (Å²) < 4.78 is 18.1. The Hall–Kier alpha value is -1.62. The average molecular weight is 308 g/mol. The Balaban J connectivity index is 1.71. The summed E-state index contributed by atoms with van der Waals surface area (Å²) in [6.45, 7) is 8.95. The third kappa shape index (κ3) is 5.64. The van der Waals surface area contributed by atoms with Crippen molar-refractivity contribution in [3.8, 4) is 0 Å². The number of ether oxygens (including phenoxy) is 1. The fourth-order valence-electron chi connectivity index (χ4n) is 2.61. The molecule has 1 aliphatic rings. The van der Waals surface area contributed by atoms with Crippen molar-refractivity contribution >= 4 is 6.09 Å². The predicted octanol–water partition coefficient (Wildman–Crippen LogP) is 3.17. The van der Waals surface area contributed by atoms with E-state index in [0.29, 0.717) is 12.5 Å². The van der Waals surface area contributed by atoms with Gasteiger partial charge in [-0.05, 0) is 57.4 Å². The number of hydrogen-bond acceptors (Lipinski definition) is 3. The van der Waals surface area contributed by atoms with Crippen molar-refractivity contribution in [2.24, 2.45) is 5.92 Å². The zero-order chi connectivity index (χ0) is 16.2. The molecule has 1 unspecified atom stereocenters. The Morgan fingerprint density at radius 3 is 2.68 bits per heavy atom. The number of alkyl carbamates (subject to hydrolysis) is 1. The van der Waals surface area contributed by atoms with E-state index in [9.17, 15) is 9.18 Å². The predicted molar refractivity (Wildman–Crippen MR) is 84.0 cm³/mol. The van der Waals surface area contributed by atoms with Gasteiger partial charge in [-0.3, -0.25) is 4.90 Å². The molecule has 1 saturated heterocycles. The van der Waals surface area contributed by atoms with Crippen LogP contribution in [-0.4, -0.2) is 36.2 Å². The molecule has 5 heteroatoms. The van der Waals surface area contributed by atoms with Crippen LogP contribution in [0.5, 0.6) is 0 Å². The lowest BCUT2D eigenvalue weighted by Crippen LogP contribution is -2.35. The van der Waals surface area contributed by atoms with Gasteiger partial charge in [0.15, 0.2) is 0 Å². The van der Waals surface area contributed by atoms with Crippen molar-refractivity contribution in [3.05, 3.63) is 35.6 Å². The van der Waals surface area contributed by atoms with E-state index in [2.05, 4.69) is 10.2 Å². The minimum Gasteiger partial charge on any atom is -0.444 e. The Labute approximate surface area is 131 Å². The monoisotopic (exact) mass is 308 g/mol. The summed E-state index contributed by atoms with van der Waals surface area (Å²) in [7, 11) is 0. The van der Waals surface area contributed by atoms with Crippen LogP contribution >= 0.6 is 0 Å². The Kier molecular flexibility index (Phi) is 5.40. The second-order valence-corrected chi connectivity index (χ2v) is 6.90. The molecule has 1 aromatic carbocycles. The highest BCUT2D eigenvalue weighted by atomic mass is 19.1. The molecular weight excluding hydrogens is 283 g/mol. The molecule has 2 rings (SSSR count). The van der Waals surface area contributed by atoms with Crippen LogP contribution in [-0.2, 0) is 11.3 Å². The van der Waals surface area contributed by atoms with Gasteiger partial charge in [-0.25, -0.2) is 9.18 Å². The van der Waals surface area contributed by atoms with E-state index in [0.717, 1.165) is 31.6 Å². The van der Waals surface area contributed by atoms with E-state index in [-0.39, 0.29) is 11.9 Å². The molecule has 0 bridgehead atoms. The van der Waals surface area contributed by atoms with E-state index < -0.39 is 5.60 Å².